The minimum absolute atomic E-state index is 0.676. The fourth-order valence-corrected chi connectivity index (χ4v) is 2.05. The smallest absolute Gasteiger partial charge is 0.141 e. The van der Waals surface area contributed by atoms with Crippen molar-refractivity contribution in [3.63, 3.8) is 0 Å². The van der Waals surface area contributed by atoms with Crippen molar-refractivity contribution in [2.45, 2.75) is 13.1 Å². The second-order valence-electron chi connectivity index (χ2n) is 4.61. The van der Waals surface area contributed by atoms with Crippen LogP contribution in [0.4, 0.5) is 5.69 Å². The molecule has 0 aliphatic heterocycles. The average Bonchev–Trinajstić information content (AvgIpc) is 2.40. The van der Waals surface area contributed by atoms with Gasteiger partial charge in [-0.15, -0.1) is 0 Å². The molecule has 0 bridgehead atoms. The topological polar surface area (TPSA) is 51.4 Å². The number of nitrogens with two attached hydrogens (primary N) is 1. The molecule has 1 aromatic heterocycles. The van der Waals surface area contributed by atoms with Gasteiger partial charge in [0.05, 0.1) is 12.8 Å². The molecule has 0 aliphatic carbocycles. The molecular formula is C15H19N3O. The molecule has 2 rings (SSSR count). The first-order valence-corrected chi connectivity index (χ1v) is 6.19. The number of aromatic nitrogens is 1. The van der Waals surface area contributed by atoms with Crippen LogP contribution in [0.3, 0.4) is 0 Å². The molecule has 0 unspecified atom stereocenters. The summed E-state index contributed by atoms with van der Waals surface area (Å²) in [5, 5.41) is 0. The third-order valence-electron chi connectivity index (χ3n) is 2.92. The second-order valence-corrected chi connectivity index (χ2v) is 4.61. The van der Waals surface area contributed by atoms with Gasteiger partial charge in [0, 0.05) is 25.5 Å². The van der Waals surface area contributed by atoms with E-state index in [9.17, 15) is 0 Å². The Morgan fingerprint density at radius 1 is 1.21 bits per heavy atom. The minimum atomic E-state index is 0.676. The van der Waals surface area contributed by atoms with Gasteiger partial charge in [0.25, 0.3) is 0 Å². The zero-order valence-electron chi connectivity index (χ0n) is 11.3. The van der Waals surface area contributed by atoms with Crippen molar-refractivity contribution in [2.24, 2.45) is 0 Å². The summed E-state index contributed by atoms with van der Waals surface area (Å²) in [7, 11) is 3.70. The van der Waals surface area contributed by atoms with Crippen LogP contribution >= 0.6 is 0 Å². The van der Waals surface area contributed by atoms with Gasteiger partial charge in [-0.25, -0.2) is 0 Å². The van der Waals surface area contributed by atoms with E-state index in [0.29, 0.717) is 5.69 Å². The first-order valence-electron chi connectivity index (χ1n) is 6.19. The number of pyridine rings is 1. The molecule has 100 valence electrons. The first-order chi connectivity index (χ1) is 9.19. The number of methoxy groups -OCH3 is 1. The van der Waals surface area contributed by atoms with E-state index < -0.39 is 0 Å². The summed E-state index contributed by atoms with van der Waals surface area (Å²) in [5.74, 6) is 0.721. The van der Waals surface area contributed by atoms with Gasteiger partial charge in [-0.3, -0.25) is 9.88 Å². The molecule has 0 saturated heterocycles. The molecule has 0 saturated carbocycles. The lowest BCUT2D eigenvalue weighted by Crippen LogP contribution is -2.17. The third-order valence-corrected chi connectivity index (χ3v) is 2.92. The molecule has 0 radical (unpaired) electrons. The highest BCUT2D eigenvalue weighted by Crippen LogP contribution is 2.22. The molecule has 0 amide bonds. The highest BCUT2D eigenvalue weighted by atomic mass is 16.5. The molecule has 2 N–H and O–H groups in total. The maximum Gasteiger partial charge on any atom is 0.141 e. The summed E-state index contributed by atoms with van der Waals surface area (Å²) < 4.78 is 5.15. The Labute approximate surface area is 113 Å². The van der Waals surface area contributed by atoms with E-state index >= 15 is 0 Å². The van der Waals surface area contributed by atoms with Gasteiger partial charge in [0.2, 0.25) is 0 Å². The largest absolute Gasteiger partial charge is 0.495 e. The van der Waals surface area contributed by atoms with Crippen LogP contribution in [0.1, 0.15) is 11.1 Å². The number of hydrogen-bond acceptors (Lipinski definition) is 4. The lowest BCUT2D eigenvalue weighted by Gasteiger charge is -2.17. The van der Waals surface area contributed by atoms with E-state index in [4.69, 9.17) is 10.5 Å². The summed E-state index contributed by atoms with van der Waals surface area (Å²) in [6.07, 6.45) is 3.67. The molecule has 0 atom stereocenters. The molecule has 2 aromatic rings. The Morgan fingerprint density at radius 2 is 2.00 bits per heavy atom. The number of anilines is 1. The number of rotatable bonds is 5. The number of nitrogen functional groups attached to an aromatic ring is 1. The lowest BCUT2D eigenvalue weighted by atomic mass is 10.1. The molecule has 1 aromatic carbocycles. The first kappa shape index (κ1) is 13.4. The van der Waals surface area contributed by atoms with E-state index in [1.807, 2.05) is 30.5 Å². The van der Waals surface area contributed by atoms with E-state index in [0.717, 1.165) is 18.8 Å². The van der Waals surface area contributed by atoms with Crippen LogP contribution in [-0.2, 0) is 13.1 Å². The molecule has 0 fully saturated rings. The fraction of sp³-hybridized carbons (Fsp3) is 0.267. The predicted molar refractivity (Wildman–Crippen MR) is 76.8 cm³/mol. The Balaban J connectivity index is 1.99. The SMILES string of the molecule is COc1ccc(CN(C)Cc2cccnc2)cc1N. The lowest BCUT2D eigenvalue weighted by molar-refractivity contribution is 0.318. The molecule has 1 heterocycles. The van der Waals surface area contributed by atoms with E-state index in [1.54, 1.807) is 13.3 Å². The molecule has 19 heavy (non-hydrogen) atoms. The second kappa shape index (κ2) is 6.20. The van der Waals surface area contributed by atoms with Gasteiger partial charge >= 0.3 is 0 Å². The summed E-state index contributed by atoms with van der Waals surface area (Å²) in [4.78, 5) is 6.34. The van der Waals surface area contributed by atoms with Crippen molar-refractivity contribution in [1.82, 2.24) is 9.88 Å². The van der Waals surface area contributed by atoms with Crippen LogP contribution in [0.5, 0.6) is 5.75 Å². The van der Waals surface area contributed by atoms with Crippen LogP contribution in [-0.4, -0.2) is 24.0 Å². The summed E-state index contributed by atoms with van der Waals surface area (Å²) in [6.45, 7) is 1.70. The number of benzene rings is 1. The summed E-state index contributed by atoms with van der Waals surface area (Å²) in [6, 6.07) is 9.93. The minimum Gasteiger partial charge on any atom is -0.495 e. The maximum atomic E-state index is 5.91. The monoisotopic (exact) mass is 257 g/mol. The number of ether oxygens (including phenoxy) is 1. The normalized spacial score (nSPS) is 10.7. The van der Waals surface area contributed by atoms with Crippen molar-refractivity contribution in [2.75, 3.05) is 19.9 Å². The molecule has 4 nitrogen and oxygen atoms in total. The molecular weight excluding hydrogens is 238 g/mol. The number of nitrogens with zero attached hydrogens (tertiary/aromatic N) is 2. The maximum absolute atomic E-state index is 5.91. The van der Waals surface area contributed by atoms with E-state index in [2.05, 4.69) is 23.0 Å². The Morgan fingerprint density at radius 3 is 2.63 bits per heavy atom. The van der Waals surface area contributed by atoms with Crippen LogP contribution in [0.2, 0.25) is 0 Å². The fourth-order valence-electron chi connectivity index (χ4n) is 2.05. The standard InChI is InChI=1S/C15H19N3O/c1-18(11-13-4-3-7-17-9-13)10-12-5-6-15(19-2)14(16)8-12/h3-9H,10-11,16H2,1-2H3. The van der Waals surface area contributed by atoms with Gasteiger partial charge in [0.15, 0.2) is 0 Å². The Kier molecular flexibility index (Phi) is 4.36. The van der Waals surface area contributed by atoms with Gasteiger partial charge in [0.1, 0.15) is 5.75 Å². The zero-order chi connectivity index (χ0) is 13.7. The molecule has 0 spiro atoms. The van der Waals surface area contributed by atoms with Crippen LogP contribution < -0.4 is 10.5 Å². The van der Waals surface area contributed by atoms with Gasteiger partial charge < -0.3 is 10.5 Å². The highest BCUT2D eigenvalue weighted by molar-refractivity contribution is 5.54. The van der Waals surface area contributed by atoms with Crippen molar-refractivity contribution < 1.29 is 4.74 Å². The average molecular weight is 257 g/mol. The summed E-state index contributed by atoms with van der Waals surface area (Å²) in [5.41, 5.74) is 8.95. The van der Waals surface area contributed by atoms with Crippen molar-refractivity contribution in [1.29, 1.82) is 0 Å². The molecule has 4 heteroatoms. The van der Waals surface area contributed by atoms with Gasteiger partial charge in [-0.2, -0.15) is 0 Å². The van der Waals surface area contributed by atoms with Gasteiger partial charge in [-0.1, -0.05) is 12.1 Å². The van der Waals surface area contributed by atoms with Crippen LogP contribution in [0.25, 0.3) is 0 Å². The zero-order valence-corrected chi connectivity index (χ0v) is 11.3. The third kappa shape index (κ3) is 3.69. The van der Waals surface area contributed by atoms with Gasteiger partial charge in [-0.05, 0) is 36.4 Å². The molecule has 0 aliphatic rings. The summed E-state index contributed by atoms with van der Waals surface area (Å²) >= 11 is 0. The van der Waals surface area contributed by atoms with E-state index in [-0.39, 0.29) is 0 Å². The Hall–Kier alpha value is -2.07. The van der Waals surface area contributed by atoms with Crippen LogP contribution in [0.15, 0.2) is 42.7 Å². The predicted octanol–water partition coefficient (Wildman–Crippen LogP) is 2.30. The number of hydrogen-bond donors (Lipinski definition) is 1. The van der Waals surface area contributed by atoms with Crippen molar-refractivity contribution >= 4 is 5.69 Å². The Bertz CT molecular complexity index is 528. The quantitative estimate of drug-likeness (QED) is 0.835. The highest BCUT2D eigenvalue weighted by Gasteiger charge is 2.05. The van der Waals surface area contributed by atoms with Crippen molar-refractivity contribution in [3.05, 3.63) is 53.9 Å². The van der Waals surface area contributed by atoms with Crippen molar-refractivity contribution in [3.8, 4) is 5.75 Å². The van der Waals surface area contributed by atoms with E-state index in [1.165, 1.54) is 11.1 Å². The van der Waals surface area contributed by atoms with Crippen LogP contribution in [0, 0.1) is 0 Å².